The summed E-state index contributed by atoms with van der Waals surface area (Å²) in [4.78, 5) is 12.8. The number of nitrogens with one attached hydrogen (secondary N) is 2. The average Bonchev–Trinajstić information content (AvgIpc) is 3.50. The lowest BCUT2D eigenvalue weighted by Crippen LogP contribution is -2.70. The molecular weight excluding hydrogens is 536 g/mol. The molecule has 16 nitrogen and oxygen atoms in total. The Morgan fingerprint density at radius 3 is 2.33 bits per heavy atom. The van der Waals surface area contributed by atoms with Gasteiger partial charge in [-0.05, 0) is 13.3 Å². The zero-order valence-electron chi connectivity index (χ0n) is 22.3. The predicted molar refractivity (Wildman–Crippen MR) is 134 cm³/mol. The lowest BCUT2D eigenvalue weighted by atomic mass is 9.72. The quantitative estimate of drug-likeness (QED) is 0.113. The molecule has 40 heavy (non-hydrogen) atoms. The van der Waals surface area contributed by atoms with Crippen LogP contribution in [-0.2, 0) is 19.0 Å². The fourth-order valence-corrected chi connectivity index (χ4v) is 5.93. The summed E-state index contributed by atoms with van der Waals surface area (Å²) in [5.74, 6) is -1.88. The van der Waals surface area contributed by atoms with Crippen LogP contribution >= 0.6 is 0 Å². The van der Waals surface area contributed by atoms with Crippen LogP contribution in [0.15, 0.2) is 0 Å². The second-order valence-electron chi connectivity index (χ2n) is 11.9. The molecule has 4 rings (SSSR count). The van der Waals surface area contributed by atoms with Gasteiger partial charge in [-0.3, -0.25) is 4.79 Å². The molecule has 4 fully saturated rings. The van der Waals surface area contributed by atoms with Crippen LogP contribution in [0.2, 0.25) is 0 Å². The van der Waals surface area contributed by atoms with Crippen molar-refractivity contribution in [3.63, 3.8) is 0 Å². The standard InChI is InChI=1S/C24H44N4O12/c1-23(36)5-11(30)21(38-8-23)40-19-10(28-22(35)24(37)6-13(24)26)4-9(25)14(16(19)32)20-18(34)17(33)15(31)12(39-20)7-27-2-3-29/h9-21,27,29-34,36-37H,2-8,25-26H2,1H3,(H,28,35). The SMILES string of the molecule is CC1(O)COC(OC2C(NC(=O)C3(O)CC3N)CC(N)C(C3OC(CNCCO)C(O)C(O)C3O)C2O)C(O)C1. The van der Waals surface area contributed by atoms with Crippen molar-refractivity contribution in [3.05, 3.63) is 0 Å². The maximum Gasteiger partial charge on any atom is 0.253 e. The third-order valence-corrected chi connectivity index (χ3v) is 8.42. The molecule has 0 aromatic carbocycles. The summed E-state index contributed by atoms with van der Waals surface area (Å²) in [5.41, 5.74) is 9.04. The van der Waals surface area contributed by atoms with Gasteiger partial charge in [-0.2, -0.15) is 0 Å². The molecule has 2 aliphatic carbocycles. The van der Waals surface area contributed by atoms with Crippen molar-refractivity contribution >= 4 is 5.91 Å². The molecule has 2 saturated carbocycles. The summed E-state index contributed by atoms with van der Waals surface area (Å²) in [5, 5.41) is 89.1. The highest BCUT2D eigenvalue weighted by Crippen LogP contribution is 2.39. The molecule has 16 heteroatoms. The summed E-state index contributed by atoms with van der Waals surface area (Å²) >= 11 is 0. The molecule has 4 aliphatic rings. The van der Waals surface area contributed by atoms with Gasteiger partial charge in [0.05, 0.1) is 43.2 Å². The normalized spacial score (nSPS) is 51.3. The van der Waals surface area contributed by atoms with E-state index in [1.54, 1.807) is 0 Å². The predicted octanol–water partition coefficient (Wildman–Crippen LogP) is -6.68. The number of aliphatic hydroxyl groups is 8. The molecule has 2 saturated heterocycles. The fourth-order valence-electron chi connectivity index (χ4n) is 5.93. The van der Waals surface area contributed by atoms with Gasteiger partial charge in [-0.25, -0.2) is 0 Å². The summed E-state index contributed by atoms with van der Waals surface area (Å²) in [6, 6.07) is -2.70. The van der Waals surface area contributed by atoms with Crippen molar-refractivity contribution in [2.75, 3.05) is 26.3 Å². The Balaban J connectivity index is 1.57. The summed E-state index contributed by atoms with van der Waals surface area (Å²) < 4.78 is 17.4. The Labute approximate surface area is 231 Å². The van der Waals surface area contributed by atoms with Crippen LogP contribution in [0.3, 0.4) is 0 Å². The summed E-state index contributed by atoms with van der Waals surface area (Å²) in [7, 11) is 0. The fraction of sp³-hybridized carbons (Fsp3) is 0.958. The molecular formula is C24H44N4O12. The first-order valence-corrected chi connectivity index (χ1v) is 13.6. The molecule has 15 unspecified atom stereocenters. The highest BCUT2D eigenvalue weighted by atomic mass is 16.7. The first-order chi connectivity index (χ1) is 18.7. The van der Waals surface area contributed by atoms with Crippen LogP contribution in [0, 0.1) is 5.92 Å². The molecule has 2 heterocycles. The molecule has 0 radical (unpaired) electrons. The van der Waals surface area contributed by atoms with E-state index in [1.807, 2.05) is 0 Å². The number of ether oxygens (including phenoxy) is 3. The van der Waals surface area contributed by atoms with Crippen LogP contribution in [0.5, 0.6) is 0 Å². The third-order valence-electron chi connectivity index (χ3n) is 8.42. The lowest BCUT2D eigenvalue weighted by Gasteiger charge is -2.51. The van der Waals surface area contributed by atoms with Gasteiger partial charge in [0.25, 0.3) is 5.91 Å². The smallest absolute Gasteiger partial charge is 0.253 e. The molecule has 15 atom stereocenters. The zero-order valence-corrected chi connectivity index (χ0v) is 22.3. The van der Waals surface area contributed by atoms with Crippen molar-refractivity contribution in [1.29, 1.82) is 0 Å². The Kier molecular flexibility index (Phi) is 9.76. The molecule has 2 aliphatic heterocycles. The molecule has 0 spiro atoms. The van der Waals surface area contributed by atoms with Crippen LogP contribution in [0.4, 0.5) is 0 Å². The number of amides is 1. The van der Waals surface area contributed by atoms with Gasteiger partial charge in [-0.15, -0.1) is 0 Å². The Morgan fingerprint density at radius 1 is 1.05 bits per heavy atom. The van der Waals surface area contributed by atoms with Gasteiger partial charge in [0.2, 0.25) is 0 Å². The second kappa shape index (κ2) is 12.3. The van der Waals surface area contributed by atoms with Crippen molar-refractivity contribution < 1.29 is 59.9 Å². The van der Waals surface area contributed by atoms with Gasteiger partial charge < -0.3 is 77.2 Å². The van der Waals surface area contributed by atoms with Crippen molar-refractivity contribution in [2.45, 2.75) is 111 Å². The minimum atomic E-state index is -1.78. The zero-order chi connectivity index (χ0) is 29.6. The first-order valence-electron chi connectivity index (χ1n) is 13.6. The van der Waals surface area contributed by atoms with Crippen LogP contribution in [-0.4, -0.2) is 158 Å². The number of nitrogens with two attached hydrogens (primary N) is 2. The van der Waals surface area contributed by atoms with Crippen molar-refractivity contribution in [3.8, 4) is 0 Å². The highest BCUT2D eigenvalue weighted by molar-refractivity contribution is 5.89. The van der Waals surface area contributed by atoms with E-state index in [9.17, 15) is 40.5 Å². The third kappa shape index (κ3) is 6.45. The number of hydrogen-bond acceptors (Lipinski definition) is 15. The first kappa shape index (κ1) is 31.8. The largest absolute Gasteiger partial charge is 0.395 e. The van der Waals surface area contributed by atoms with Crippen molar-refractivity contribution in [1.82, 2.24) is 10.6 Å². The van der Waals surface area contributed by atoms with E-state index in [0.717, 1.165) is 0 Å². The topological polar surface area (TPSA) is 283 Å². The van der Waals surface area contributed by atoms with Gasteiger partial charge in [-0.1, -0.05) is 0 Å². The van der Waals surface area contributed by atoms with Crippen molar-refractivity contribution in [2.24, 2.45) is 17.4 Å². The number of hydrogen-bond donors (Lipinski definition) is 12. The van der Waals surface area contributed by atoms with Gasteiger partial charge in [0.15, 0.2) is 11.9 Å². The van der Waals surface area contributed by atoms with Crippen LogP contribution in [0.25, 0.3) is 0 Å². The van der Waals surface area contributed by atoms with Gasteiger partial charge in [0.1, 0.15) is 30.5 Å². The van der Waals surface area contributed by atoms with Gasteiger partial charge in [0, 0.05) is 43.9 Å². The van der Waals surface area contributed by atoms with E-state index in [2.05, 4.69) is 10.6 Å². The average molecular weight is 581 g/mol. The van der Waals surface area contributed by atoms with E-state index >= 15 is 0 Å². The second-order valence-corrected chi connectivity index (χ2v) is 11.9. The Morgan fingerprint density at radius 2 is 1.73 bits per heavy atom. The summed E-state index contributed by atoms with van der Waals surface area (Å²) in [6.45, 7) is 1.32. The minimum absolute atomic E-state index is 0.0134. The number of carbonyl (C=O) groups is 1. The molecule has 1 amide bonds. The molecule has 14 N–H and O–H groups in total. The van der Waals surface area contributed by atoms with Crippen LogP contribution in [0.1, 0.15) is 26.2 Å². The molecule has 232 valence electrons. The van der Waals surface area contributed by atoms with E-state index in [-0.39, 0.29) is 45.6 Å². The minimum Gasteiger partial charge on any atom is -0.395 e. The lowest BCUT2D eigenvalue weighted by molar-refractivity contribution is -0.297. The number of rotatable bonds is 9. The molecule has 0 bridgehead atoms. The van der Waals surface area contributed by atoms with E-state index in [0.29, 0.717) is 0 Å². The van der Waals surface area contributed by atoms with Crippen LogP contribution < -0.4 is 22.1 Å². The maximum absolute atomic E-state index is 12.8. The van der Waals surface area contributed by atoms with Gasteiger partial charge >= 0.3 is 0 Å². The Bertz CT molecular complexity index is 887. The Hall–Kier alpha value is -1.09. The monoisotopic (exact) mass is 580 g/mol. The summed E-state index contributed by atoms with van der Waals surface area (Å²) in [6.07, 6.45) is -12.6. The molecule has 0 aromatic rings. The number of aliphatic hydroxyl groups excluding tert-OH is 6. The molecule has 0 aromatic heterocycles. The van der Waals surface area contributed by atoms with E-state index in [1.165, 1.54) is 6.92 Å². The van der Waals surface area contributed by atoms with E-state index in [4.69, 9.17) is 30.8 Å². The maximum atomic E-state index is 12.8. The number of carbonyl (C=O) groups excluding carboxylic acids is 1. The van der Waals surface area contributed by atoms with E-state index < -0.39 is 96.3 Å². The highest BCUT2D eigenvalue weighted by Gasteiger charge is 2.60.